The van der Waals surface area contributed by atoms with Crippen molar-refractivity contribution in [2.45, 2.75) is 13.3 Å². The first-order chi connectivity index (χ1) is 13.6. The summed E-state index contributed by atoms with van der Waals surface area (Å²) in [6.45, 7) is 2.36. The van der Waals surface area contributed by atoms with Crippen molar-refractivity contribution in [3.05, 3.63) is 59.4 Å². The number of hydrazone groups is 1. The lowest BCUT2D eigenvalue weighted by atomic mass is 10.2. The highest BCUT2D eigenvalue weighted by Crippen LogP contribution is 2.29. The number of methoxy groups -OCH3 is 1. The molecule has 0 aromatic heterocycles. The molecule has 0 atom stereocenters. The second-order valence-electron chi connectivity index (χ2n) is 5.59. The summed E-state index contributed by atoms with van der Waals surface area (Å²) in [6.07, 6.45) is 1.44. The summed E-state index contributed by atoms with van der Waals surface area (Å²) >= 11 is 0. The Morgan fingerprint density at radius 3 is 2.68 bits per heavy atom. The van der Waals surface area contributed by atoms with E-state index in [1.54, 1.807) is 24.3 Å². The van der Waals surface area contributed by atoms with Gasteiger partial charge in [0.15, 0.2) is 11.5 Å². The molecule has 0 spiro atoms. The molecule has 2 amide bonds. The molecule has 2 rings (SSSR count). The molecule has 148 valence electrons. The Morgan fingerprint density at radius 1 is 1.18 bits per heavy atom. The standard InChI is InChI=1S/C20H22FN3O4/c1-3-28-19-14(7-6-10-17(19)27-2)13-23-24-18(25)11-12-22-20(26)15-8-4-5-9-16(15)21/h4-10,13H,3,11-12H2,1-2H3,(H,22,26)(H,24,25). The van der Waals surface area contributed by atoms with Crippen molar-refractivity contribution in [2.24, 2.45) is 5.10 Å². The Bertz CT molecular complexity index is 855. The van der Waals surface area contributed by atoms with E-state index >= 15 is 0 Å². The first-order valence-corrected chi connectivity index (χ1v) is 8.71. The first-order valence-electron chi connectivity index (χ1n) is 8.71. The van der Waals surface area contributed by atoms with Crippen LogP contribution in [0.4, 0.5) is 4.39 Å². The number of hydrogen-bond acceptors (Lipinski definition) is 5. The van der Waals surface area contributed by atoms with Gasteiger partial charge in [0, 0.05) is 18.5 Å². The van der Waals surface area contributed by atoms with E-state index in [9.17, 15) is 14.0 Å². The third-order valence-corrected chi connectivity index (χ3v) is 3.67. The van der Waals surface area contributed by atoms with Crippen LogP contribution in [0.2, 0.25) is 0 Å². The van der Waals surface area contributed by atoms with E-state index in [4.69, 9.17) is 9.47 Å². The van der Waals surface area contributed by atoms with E-state index in [0.29, 0.717) is 23.7 Å². The second kappa shape index (κ2) is 10.7. The summed E-state index contributed by atoms with van der Waals surface area (Å²) in [5.41, 5.74) is 2.95. The van der Waals surface area contributed by atoms with Crippen LogP contribution in [0.15, 0.2) is 47.6 Å². The fourth-order valence-electron chi connectivity index (χ4n) is 2.35. The summed E-state index contributed by atoms with van der Waals surface area (Å²) in [7, 11) is 1.54. The van der Waals surface area contributed by atoms with Crippen LogP contribution in [0.1, 0.15) is 29.3 Å². The number of halogens is 1. The molecule has 7 nitrogen and oxygen atoms in total. The van der Waals surface area contributed by atoms with Gasteiger partial charge in [-0.1, -0.05) is 18.2 Å². The molecular formula is C20H22FN3O4. The van der Waals surface area contributed by atoms with Gasteiger partial charge in [-0.3, -0.25) is 9.59 Å². The molecule has 28 heavy (non-hydrogen) atoms. The zero-order valence-corrected chi connectivity index (χ0v) is 15.7. The molecule has 0 aliphatic carbocycles. The summed E-state index contributed by atoms with van der Waals surface area (Å²) < 4.78 is 24.3. The number of rotatable bonds is 9. The number of nitrogens with one attached hydrogen (secondary N) is 2. The number of nitrogens with zero attached hydrogens (tertiary/aromatic N) is 1. The van der Waals surface area contributed by atoms with Crippen LogP contribution in [0.3, 0.4) is 0 Å². The monoisotopic (exact) mass is 387 g/mol. The van der Waals surface area contributed by atoms with Crippen molar-refractivity contribution in [1.29, 1.82) is 0 Å². The quantitative estimate of drug-likeness (QED) is 0.511. The topological polar surface area (TPSA) is 89.0 Å². The number of carbonyl (C=O) groups is 2. The predicted molar refractivity (Wildman–Crippen MR) is 103 cm³/mol. The van der Waals surface area contributed by atoms with Crippen molar-refractivity contribution in [2.75, 3.05) is 20.3 Å². The lowest BCUT2D eigenvalue weighted by Gasteiger charge is -2.11. The normalized spacial score (nSPS) is 10.5. The molecule has 0 bridgehead atoms. The van der Waals surface area contributed by atoms with Gasteiger partial charge < -0.3 is 14.8 Å². The molecule has 2 aromatic rings. The highest BCUT2D eigenvalue weighted by atomic mass is 19.1. The van der Waals surface area contributed by atoms with Crippen molar-refractivity contribution >= 4 is 18.0 Å². The van der Waals surface area contributed by atoms with E-state index < -0.39 is 17.6 Å². The molecule has 0 radical (unpaired) electrons. The third kappa shape index (κ3) is 5.80. The average Bonchev–Trinajstić information content (AvgIpc) is 2.69. The highest BCUT2D eigenvalue weighted by Gasteiger charge is 2.11. The SMILES string of the molecule is CCOc1c(C=NNC(=O)CCNC(=O)c2ccccc2F)cccc1OC. The maximum Gasteiger partial charge on any atom is 0.254 e. The molecule has 0 heterocycles. The molecule has 0 saturated heterocycles. The number of amides is 2. The lowest BCUT2D eigenvalue weighted by molar-refractivity contribution is -0.120. The Balaban J connectivity index is 1.84. The van der Waals surface area contributed by atoms with Crippen LogP contribution in [-0.2, 0) is 4.79 Å². The van der Waals surface area contributed by atoms with Crippen LogP contribution in [-0.4, -0.2) is 38.3 Å². The van der Waals surface area contributed by atoms with Crippen LogP contribution in [0, 0.1) is 5.82 Å². The first kappa shape index (κ1) is 20.9. The van der Waals surface area contributed by atoms with Crippen molar-refractivity contribution < 1.29 is 23.5 Å². The molecule has 0 unspecified atom stereocenters. The van der Waals surface area contributed by atoms with Crippen LogP contribution >= 0.6 is 0 Å². The molecule has 8 heteroatoms. The Morgan fingerprint density at radius 2 is 1.96 bits per heavy atom. The molecule has 0 aliphatic rings. The summed E-state index contributed by atoms with van der Waals surface area (Å²) in [4.78, 5) is 23.7. The largest absolute Gasteiger partial charge is 0.493 e. The Labute approximate surface area is 162 Å². The minimum absolute atomic E-state index is 0.00599. The number of ether oxygens (including phenoxy) is 2. The van der Waals surface area contributed by atoms with E-state index in [0.717, 1.165) is 0 Å². The molecule has 2 N–H and O–H groups in total. The smallest absolute Gasteiger partial charge is 0.254 e. The van der Waals surface area contributed by atoms with Crippen LogP contribution in [0.25, 0.3) is 0 Å². The number of carbonyl (C=O) groups excluding carboxylic acids is 2. The van der Waals surface area contributed by atoms with Crippen molar-refractivity contribution in [3.8, 4) is 11.5 Å². The van der Waals surface area contributed by atoms with Gasteiger partial charge in [-0.15, -0.1) is 0 Å². The van der Waals surface area contributed by atoms with E-state index in [1.807, 2.05) is 6.92 Å². The van der Waals surface area contributed by atoms with Gasteiger partial charge in [0.2, 0.25) is 5.91 Å². The molecular weight excluding hydrogens is 365 g/mol. The minimum atomic E-state index is -0.613. The molecule has 0 fully saturated rings. The number of hydrogen-bond donors (Lipinski definition) is 2. The van der Waals surface area contributed by atoms with Gasteiger partial charge in [-0.05, 0) is 31.2 Å². The Hall–Kier alpha value is -3.42. The predicted octanol–water partition coefficient (Wildman–Crippen LogP) is 2.50. The van der Waals surface area contributed by atoms with E-state index in [-0.39, 0.29) is 18.5 Å². The van der Waals surface area contributed by atoms with Crippen molar-refractivity contribution in [3.63, 3.8) is 0 Å². The van der Waals surface area contributed by atoms with E-state index in [1.165, 1.54) is 31.5 Å². The molecule has 0 saturated carbocycles. The summed E-state index contributed by atoms with van der Waals surface area (Å²) in [5, 5.41) is 6.39. The lowest BCUT2D eigenvalue weighted by Crippen LogP contribution is -2.29. The van der Waals surface area contributed by atoms with Gasteiger partial charge in [-0.25, -0.2) is 9.82 Å². The number of para-hydroxylation sites is 1. The van der Waals surface area contributed by atoms with Gasteiger partial charge in [0.1, 0.15) is 5.82 Å². The average molecular weight is 387 g/mol. The third-order valence-electron chi connectivity index (χ3n) is 3.67. The maximum absolute atomic E-state index is 13.5. The zero-order chi connectivity index (χ0) is 20.4. The van der Waals surface area contributed by atoms with Gasteiger partial charge >= 0.3 is 0 Å². The minimum Gasteiger partial charge on any atom is -0.493 e. The second-order valence-corrected chi connectivity index (χ2v) is 5.59. The fourth-order valence-corrected chi connectivity index (χ4v) is 2.35. The van der Waals surface area contributed by atoms with Crippen LogP contribution < -0.4 is 20.2 Å². The van der Waals surface area contributed by atoms with Crippen molar-refractivity contribution in [1.82, 2.24) is 10.7 Å². The van der Waals surface area contributed by atoms with Gasteiger partial charge in [0.25, 0.3) is 5.91 Å². The highest BCUT2D eigenvalue weighted by molar-refractivity contribution is 5.94. The molecule has 2 aromatic carbocycles. The number of benzene rings is 2. The van der Waals surface area contributed by atoms with Gasteiger partial charge in [0.05, 0.1) is 25.5 Å². The van der Waals surface area contributed by atoms with Crippen LogP contribution in [0.5, 0.6) is 11.5 Å². The maximum atomic E-state index is 13.5. The zero-order valence-electron chi connectivity index (χ0n) is 15.7. The summed E-state index contributed by atoms with van der Waals surface area (Å²) in [6, 6.07) is 11.0. The fraction of sp³-hybridized carbons (Fsp3) is 0.250. The van der Waals surface area contributed by atoms with E-state index in [2.05, 4.69) is 15.8 Å². The summed E-state index contributed by atoms with van der Waals surface area (Å²) in [5.74, 6) is -0.494. The van der Waals surface area contributed by atoms with Gasteiger partial charge in [-0.2, -0.15) is 5.10 Å². The Kier molecular flexibility index (Phi) is 7.95. The molecule has 0 aliphatic heterocycles.